The molecular formula is C43H66O15. The lowest BCUT2D eigenvalue weighted by atomic mass is 9.42. The molecule has 8 rings (SSSR count). The molecule has 0 bridgehead atoms. The predicted octanol–water partition coefficient (Wildman–Crippen LogP) is 2.79. The predicted molar refractivity (Wildman–Crippen MR) is 202 cm³/mol. The van der Waals surface area contributed by atoms with Crippen LogP contribution in [0.2, 0.25) is 0 Å². The smallest absolute Gasteiger partial charge is 0.331 e. The first-order chi connectivity index (χ1) is 27.5. The Morgan fingerprint density at radius 2 is 1.60 bits per heavy atom. The van der Waals surface area contributed by atoms with Crippen LogP contribution in [0.3, 0.4) is 0 Å². The molecule has 0 aromatic heterocycles. The van der Waals surface area contributed by atoms with Gasteiger partial charge in [-0.2, -0.15) is 0 Å². The maximum atomic E-state index is 12.6. The van der Waals surface area contributed by atoms with Crippen molar-refractivity contribution in [2.45, 2.75) is 197 Å². The standard InChI is InChI=1S/C43H66O15/c1-21-39(49)33(55-23(3)44)18-38(53-21)58-40-22(2)54-36(17-32(40)46)52-20-28-14-26(45)15-37(57-28)56-27-8-10-41(4)25(13-27)6-7-30-31(41)16-34(47)42(5)29(9-11-43(30,42)50)24-12-35(48)51-19-24/h12,21-22,25-34,36-40,45-47,49-50H,6-11,13-20H2,1-5H3/t21-,22+,25-,26-,27-,28-,29-,30-,31+,32+,33-,34+,36-,37-,38+,39+,40-,41-,42-,43-/m0/s1. The van der Waals surface area contributed by atoms with Gasteiger partial charge in [0, 0.05) is 44.1 Å². The van der Waals surface area contributed by atoms with Crippen LogP contribution in [0.1, 0.15) is 112 Å². The molecule has 0 spiro atoms. The molecule has 4 heterocycles. The molecule has 0 unspecified atom stereocenters. The molecule has 15 nitrogen and oxygen atoms in total. The topological polar surface area (TPSA) is 209 Å². The average molecular weight is 823 g/mol. The second-order valence-corrected chi connectivity index (χ2v) is 19.4. The summed E-state index contributed by atoms with van der Waals surface area (Å²) in [6.07, 6.45) is 0.332. The van der Waals surface area contributed by atoms with Gasteiger partial charge in [0.2, 0.25) is 0 Å². The van der Waals surface area contributed by atoms with E-state index < -0.39 is 90.8 Å². The quantitative estimate of drug-likeness (QED) is 0.167. The fraction of sp³-hybridized carbons (Fsp3) is 0.907. The second kappa shape index (κ2) is 16.5. The molecule has 0 aromatic carbocycles. The molecule has 4 aliphatic heterocycles. The van der Waals surface area contributed by atoms with Crippen molar-refractivity contribution in [1.29, 1.82) is 0 Å². The minimum atomic E-state index is -1.02. The zero-order valence-corrected chi connectivity index (χ0v) is 34.6. The summed E-state index contributed by atoms with van der Waals surface area (Å²) in [4.78, 5) is 23.5. The minimum absolute atomic E-state index is 0.0469. The largest absolute Gasteiger partial charge is 0.459 e. The molecule has 4 aliphatic carbocycles. The molecule has 0 radical (unpaired) electrons. The SMILES string of the molecule is CC(=O)O[C@H]1C[C@@H](O[C@@H]2[C@H](O)C[C@@H](OC[C@@H]3C[C@H](O)C[C@@H](O[C@H]4CC[C@@]5(C)[C@@H](CC[C@H]6[C@H]5C[C@@H](O)[C@]5(C)[C@H](C7=CC(=O)OC7)CC[C@]65O)C4)O3)O[C@@H]2C)O[C@@H](C)[C@H]1O. The number of hydrogen-bond donors (Lipinski definition) is 5. The Morgan fingerprint density at radius 1 is 0.845 bits per heavy atom. The molecule has 15 heteroatoms. The molecule has 5 N–H and O–H groups in total. The Balaban J connectivity index is 0.821. The van der Waals surface area contributed by atoms with E-state index in [1.165, 1.54) is 6.92 Å². The summed E-state index contributed by atoms with van der Waals surface area (Å²) in [7, 11) is 0. The maximum Gasteiger partial charge on any atom is 0.331 e. The van der Waals surface area contributed by atoms with Crippen LogP contribution in [0.15, 0.2) is 11.6 Å². The molecule has 7 fully saturated rings. The van der Waals surface area contributed by atoms with Crippen LogP contribution in [0.4, 0.5) is 0 Å². The van der Waals surface area contributed by atoms with Gasteiger partial charge in [-0.25, -0.2) is 4.79 Å². The Morgan fingerprint density at radius 3 is 2.33 bits per heavy atom. The highest BCUT2D eigenvalue weighted by Crippen LogP contribution is 2.70. The van der Waals surface area contributed by atoms with Crippen LogP contribution < -0.4 is 0 Å². The summed E-state index contributed by atoms with van der Waals surface area (Å²) in [5.74, 6) is -0.325. The molecule has 0 aromatic rings. The fourth-order valence-corrected chi connectivity index (χ4v) is 13.0. The van der Waals surface area contributed by atoms with Crippen molar-refractivity contribution >= 4 is 11.9 Å². The Labute approximate surface area is 341 Å². The van der Waals surface area contributed by atoms with Crippen molar-refractivity contribution in [3.63, 3.8) is 0 Å². The van der Waals surface area contributed by atoms with Crippen molar-refractivity contribution < 1.29 is 73.0 Å². The van der Waals surface area contributed by atoms with E-state index in [2.05, 4.69) is 6.92 Å². The number of cyclic esters (lactones) is 1. The molecule has 328 valence electrons. The molecular weight excluding hydrogens is 756 g/mol. The van der Waals surface area contributed by atoms with Gasteiger partial charge in [0.1, 0.15) is 24.9 Å². The number of aliphatic hydroxyl groups is 5. The first kappa shape index (κ1) is 42.9. The number of carbonyl (C=O) groups excluding carboxylic acids is 2. The third kappa shape index (κ3) is 7.82. The van der Waals surface area contributed by atoms with E-state index in [1.54, 1.807) is 19.9 Å². The molecule has 20 atom stereocenters. The van der Waals surface area contributed by atoms with E-state index in [0.717, 1.165) is 44.1 Å². The number of carbonyl (C=O) groups is 2. The average Bonchev–Trinajstić information content (AvgIpc) is 3.71. The third-order valence-corrected chi connectivity index (χ3v) is 16.1. The summed E-state index contributed by atoms with van der Waals surface area (Å²) >= 11 is 0. The van der Waals surface area contributed by atoms with Crippen LogP contribution in [-0.4, -0.2) is 136 Å². The van der Waals surface area contributed by atoms with E-state index in [0.29, 0.717) is 31.6 Å². The van der Waals surface area contributed by atoms with Gasteiger partial charge >= 0.3 is 11.9 Å². The molecule has 3 saturated heterocycles. The van der Waals surface area contributed by atoms with E-state index in [9.17, 15) is 35.1 Å². The van der Waals surface area contributed by atoms with Crippen LogP contribution in [0.25, 0.3) is 0 Å². The normalized spacial score (nSPS) is 51.9. The number of fused-ring (bicyclic) bond motifs is 5. The zero-order valence-electron chi connectivity index (χ0n) is 34.6. The lowest BCUT2D eigenvalue weighted by Crippen LogP contribution is -2.67. The fourth-order valence-electron chi connectivity index (χ4n) is 13.0. The Kier molecular flexibility index (Phi) is 12.2. The lowest BCUT2D eigenvalue weighted by Gasteiger charge is -2.65. The van der Waals surface area contributed by atoms with Crippen molar-refractivity contribution in [2.24, 2.45) is 34.5 Å². The monoisotopic (exact) mass is 822 g/mol. The lowest BCUT2D eigenvalue weighted by molar-refractivity contribution is -0.317. The van der Waals surface area contributed by atoms with Gasteiger partial charge in [-0.1, -0.05) is 13.8 Å². The highest BCUT2D eigenvalue weighted by Gasteiger charge is 2.71. The van der Waals surface area contributed by atoms with Gasteiger partial charge in [0.25, 0.3) is 0 Å². The van der Waals surface area contributed by atoms with Crippen LogP contribution in [0.5, 0.6) is 0 Å². The number of aliphatic hydroxyl groups excluding tert-OH is 4. The summed E-state index contributed by atoms with van der Waals surface area (Å²) in [5.41, 5.74) is -0.908. The van der Waals surface area contributed by atoms with Crippen LogP contribution in [0, 0.1) is 34.5 Å². The van der Waals surface area contributed by atoms with Gasteiger partial charge < -0.3 is 63.4 Å². The van der Waals surface area contributed by atoms with Crippen molar-refractivity contribution in [1.82, 2.24) is 0 Å². The van der Waals surface area contributed by atoms with Crippen molar-refractivity contribution in [3.8, 4) is 0 Å². The second-order valence-electron chi connectivity index (χ2n) is 19.4. The summed E-state index contributed by atoms with van der Waals surface area (Å²) < 4.78 is 47.5. The first-order valence-electron chi connectivity index (χ1n) is 21.9. The van der Waals surface area contributed by atoms with Crippen molar-refractivity contribution in [2.75, 3.05) is 13.2 Å². The van der Waals surface area contributed by atoms with E-state index >= 15 is 0 Å². The van der Waals surface area contributed by atoms with Crippen LogP contribution in [-0.2, 0) is 47.5 Å². The minimum Gasteiger partial charge on any atom is -0.459 e. The number of ether oxygens (including phenoxy) is 8. The summed E-state index contributed by atoms with van der Waals surface area (Å²) in [5, 5.41) is 56.8. The Bertz CT molecular complexity index is 1530. The van der Waals surface area contributed by atoms with Crippen LogP contribution >= 0.6 is 0 Å². The van der Waals surface area contributed by atoms with Gasteiger partial charge in [-0.3, -0.25) is 4.79 Å². The van der Waals surface area contributed by atoms with Gasteiger partial charge in [0.05, 0.1) is 54.9 Å². The van der Waals surface area contributed by atoms with E-state index in [1.807, 2.05) is 6.92 Å². The zero-order chi connectivity index (χ0) is 41.3. The maximum absolute atomic E-state index is 12.6. The molecule has 4 saturated carbocycles. The Hall–Kier alpha value is -1.76. The van der Waals surface area contributed by atoms with Gasteiger partial charge in [0.15, 0.2) is 18.9 Å². The van der Waals surface area contributed by atoms with E-state index in [-0.39, 0.29) is 61.3 Å². The molecule has 0 amide bonds. The number of rotatable bonds is 9. The first-order valence-corrected chi connectivity index (χ1v) is 21.9. The highest BCUT2D eigenvalue weighted by molar-refractivity contribution is 5.85. The number of esters is 2. The molecule has 8 aliphatic rings. The van der Waals surface area contributed by atoms with Gasteiger partial charge in [-0.15, -0.1) is 0 Å². The summed E-state index contributed by atoms with van der Waals surface area (Å²) in [6.45, 7) is 9.49. The molecule has 58 heavy (non-hydrogen) atoms. The number of hydrogen-bond acceptors (Lipinski definition) is 15. The highest BCUT2D eigenvalue weighted by atomic mass is 16.7. The third-order valence-electron chi connectivity index (χ3n) is 16.1. The summed E-state index contributed by atoms with van der Waals surface area (Å²) in [6, 6.07) is 0. The van der Waals surface area contributed by atoms with Crippen molar-refractivity contribution in [3.05, 3.63) is 11.6 Å². The van der Waals surface area contributed by atoms with Gasteiger partial charge in [-0.05, 0) is 99.9 Å². The van der Waals surface area contributed by atoms with E-state index in [4.69, 9.17) is 37.9 Å².